The van der Waals surface area contributed by atoms with E-state index in [1.807, 2.05) is 13.0 Å². The van der Waals surface area contributed by atoms with Gasteiger partial charge in [-0.25, -0.2) is 0 Å². The molecular weight excluding hydrogens is 807 g/mol. The first-order valence-electron chi connectivity index (χ1n) is 22.4. The molecule has 0 N–H and O–H groups in total. The van der Waals surface area contributed by atoms with E-state index in [2.05, 4.69) is 132 Å². The van der Waals surface area contributed by atoms with Gasteiger partial charge < -0.3 is 9.47 Å². The first-order chi connectivity index (χ1) is 27.5. The summed E-state index contributed by atoms with van der Waals surface area (Å²) in [5.41, 5.74) is 7.60. The van der Waals surface area contributed by atoms with Gasteiger partial charge in [0.15, 0.2) is 0 Å². The summed E-state index contributed by atoms with van der Waals surface area (Å²) in [5.74, 6) is 7.58. The number of rotatable bonds is 14. The van der Waals surface area contributed by atoms with E-state index in [-0.39, 0.29) is 10.8 Å². The molecule has 8 rings (SSSR count). The Morgan fingerprint density at radius 1 is 0.842 bits per heavy atom. The smallest absolute Gasteiger partial charge is 0.0176 e. The molecule has 304 valence electrons. The fraction of sp³-hybridized carbons (Fsp3) is 0.519. The van der Waals surface area contributed by atoms with Crippen molar-refractivity contribution in [3.8, 4) is 17.2 Å². The van der Waals surface area contributed by atoms with E-state index in [4.69, 9.17) is 9.47 Å². The minimum atomic E-state index is -0.114. The van der Waals surface area contributed by atoms with Crippen LogP contribution in [-0.2, 0) is 5.41 Å². The molecule has 0 aromatic heterocycles. The van der Waals surface area contributed by atoms with Crippen LogP contribution in [0.3, 0.4) is 0 Å². The van der Waals surface area contributed by atoms with Gasteiger partial charge in [-0.3, -0.25) is 0 Å². The summed E-state index contributed by atoms with van der Waals surface area (Å²) in [6.07, 6.45) is 25.3. The second kappa shape index (κ2) is 16.9. The standard InChI is InChI=1S/C54H68IO2/c1-8-37(2)13-16-40(5)56-45-24-17-41(18-25-45)54(42-19-26-47(27-20-42)57-46-22-14-38(3)15-23-46)34-33-52(6)43(35-54)21-28-48-50-30-29-49(53(50,7)32-31-51(48)52)39(4)11-9-10-12-44-36-55-44/h8,13-27,39,44,48-51H,5,9-12,28-36H2,1-4,6-7H3/q-1/b16-13-,37-8-. The maximum Gasteiger partial charge on any atom is -0.0176 e. The Labute approximate surface area is 356 Å². The fourth-order valence-electron chi connectivity index (χ4n) is 12.5. The Balaban J connectivity index is 1.04. The molecule has 4 aliphatic carbocycles. The van der Waals surface area contributed by atoms with Gasteiger partial charge in [0.25, 0.3) is 0 Å². The third kappa shape index (κ3) is 8.40. The third-order valence-corrected chi connectivity index (χ3v) is 18.8. The number of unbranched alkanes of at least 4 members (excludes halogenated alkanes) is 1. The van der Waals surface area contributed by atoms with Gasteiger partial charge in [-0.05, 0) is 93.6 Å². The Kier molecular flexibility index (Phi) is 12.1. The molecule has 1 saturated heterocycles. The average molecular weight is 876 g/mol. The number of aryl methyl sites for hydroxylation is 1. The SMILES string of the molecule is C=C(/C=C\C(C)=C/C)Oc1ccc(C2(c3ccc(Oc4ccc(C)cc4)cc3)CCC3(C)C(=CCC4C3CCC3(C)C(C(C)CCCCC5C[I-]5)CCC43)C2)cc1. The van der Waals surface area contributed by atoms with Crippen LogP contribution < -0.4 is 30.7 Å². The van der Waals surface area contributed by atoms with Crippen molar-refractivity contribution in [3.63, 3.8) is 0 Å². The van der Waals surface area contributed by atoms with Crippen LogP contribution in [-0.4, -0.2) is 8.35 Å². The zero-order chi connectivity index (χ0) is 39.8. The van der Waals surface area contributed by atoms with E-state index in [9.17, 15) is 0 Å². The van der Waals surface area contributed by atoms with Crippen LogP contribution in [0.1, 0.15) is 128 Å². The van der Waals surface area contributed by atoms with Crippen LogP contribution in [0.25, 0.3) is 0 Å². The topological polar surface area (TPSA) is 18.5 Å². The Hall–Kier alpha value is -3.05. The Bertz CT molecular complexity index is 1960. The summed E-state index contributed by atoms with van der Waals surface area (Å²) in [7, 11) is 0. The Morgan fingerprint density at radius 3 is 2.18 bits per heavy atom. The number of hydrogen-bond donors (Lipinski definition) is 0. The third-order valence-electron chi connectivity index (χ3n) is 16.1. The summed E-state index contributed by atoms with van der Waals surface area (Å²) < 4.78 is 15.3. The van der Waals surface area contributed by atoms with Crippen molar-refractivity contribution in [2.24, 2.45) is 40.4 Å². The molecular formula is C54H68IO2-. The fourth-order valence-corrected chi connectivity index (χ4v) is 14.2. The summed E-state index contributed by atoms with van der Waals surface area (Å²) in [5, 5.41) is 0. The molecule has 0 radical (unpaired) electrons. The molecule has 2 nitrogen and oxygen atoms in total. The largest absolute Gasteiger partial charge is 0.0544 e. The maximum absolute atomic E-state index is 6.33. The van der Waals surface area contributed by atoms with Gasteiger partial charge in [0, 0.05) is 5.41 Å². The zero-order valence-electron chi connectivity index (χ0n) is 35.8. The number of allylic oxidation sites excluding steroid dienone is 6. The Morgan fingerprint density at radius 2 is 1.51 bits per heavy atom. The molecule has 3 aromatic rings. The minimum absolute atomic E-state index is 0.114. The van der Waals surface area contributed by atoms with Crippen molar-refractivity contribution in [3.05, 3.63) is 137 Å². The van der Waals surface area contributed by atoms with Gasteiger partial charge in [0.2, 0.25) is 0 Å². The quantitative estimate of drug-likeness (QED) is 0.0401. The molecule has 3 aromatic carbocycles. The van der Waals surface area contributed by atoms with E-state index >= 15 is 0 Å². The summed E-state index contributed by atoms with van der Waals surface area (Å²) in [6.45, 7) is 18.5. The number of halogens is 1. The van der Waals surface area contributed by atoms with E-state index in [1.165, 1.54) is 84.0 Å². The monoisotopic (exact) mass is 875 g/mol. The number of fused-ring (bicyclic) bond motifs is 5. The van der Waals surface area contributed by atoms with E-state index < -0.39 is 0 Å². The van der Waals surface area contributed by atoms with Crippen molar-refractivity contribution in [2.75, 3.05) is 4.43 Å². The van der Waals surface area contributed by atoms with Crippen LogP contribution >= 0.6 is 0 Å². The summed E-state index contributed by atoms with van der Waals surface area (Å²) >= 11 is 0.626. The first kappa shape index (κ1) is 40.7. The molecule has 9 unspecified atom stereocenters. The molecule has 3 heteroatoms. The van der Waals surface area contributed by atoms with Crippen molar-refractivity contribution < 1.29 is 30.7 Å². The van der Waals surface area contributed by atoms with E-state index in [1.54, 1.807) is 16.4 Å². The van der Waals surface area contributed by atoms with Crippen LogP contribution in [0.15, 0.2) is 121 Å². The normalized spacial score (nSPS) is 32.6. The molecule has 1 heterocycles. The number of benzene rings is 3. The van der Waals surface area contributed by atoms with E-state index in [0.717, 1.165) is 59.7 Å². The molecule has 5 aliphatic rings. The summed E-state index contributed by atoms with van der Waals surface area (Å²) in [4.78, 5) is 0. The predicted octanol–water partition coefficient (Wildman–Crippen LogP) is 11.7. The predicted molar refractivity (Wildman–Crippen MR) is 235 cm³/mol. The molecule has 3 saturated carbocycles. The molecule has 1 aliphatic heterocycles. The van der Waals surface area contributed by atoms with Gasteiger partial charge in [-0.2, -0.15) is 0 Å². The van der Waals surface area contributed by atoms with Gasteiger partial charge in [-0.1, -0.05) is 78.8 Å². The molecule has 4 fully saturated rings. The number of ether oxygens (including phenoxy) is 2. The van der Waals surface area contributed by atoms with Crippen LogP contribution in [0.2, 0.25) is 0 Å². The van der Waals surface area contributed by atoms with Crippen molar-refractivity contribution in [1.82, 2.24) is 0 Å². The van der Waals surface area contributed by atoms with Crippen LogP contribution in [0.5, 0.6) is 17.2 Å². The van der Waals surface area contributed by atoms with Crippen LogP contribution in [0.4, 0.5) is 0 Å². The molecule has 0 amide bonds. The molecule has 57 heavy (non-hydrogen) atoms. The van der Waals surface area contributed by atoms with Gasteiger partial charge in [0.1, 0.15) is 23.0 Å². The number of alkyl halides is 2. The van der Waals surface area contributed by atoms with Crippen LogP contribution in [0, 0.1) is 47.3 Å². The van der Waals surface area contributed by atoms with Crippen molar-refractivity contribution in [2.45, 2.75) is 128 Å². The minimum Gasteiger partial charge on any atom is -0.0544 e. The second-order valence-corrected chi connectivity index (χ2v) is 22.8. The maximum atomic E-state index is 6.33. The number of hydrogen-bond acceptors (Lipinski definition) is 2. The van der Waals surface area contributed by atoms with E-state index in [0.29, 0.717) is 32.4 Å². The first-order valence-corrected chi connectivity index (χ1v) is 25.2. The van der Waals surface area contributed by atoms with Crippen molar-refractivity contribution in [1.29, 1.82) is 0 Å². The average Bonchev–Trinajstić information content (AvgIpc) is 3.98. The second-order valence-electron chi connectivity index (χ2n) is 19.3. The molecule has 9 atom stereocenters. The van der Waals surface area contributed by atoms with Gasteiger partial charge >= 0.3 is 148 Å². The zero-order valence-corrected chi connectivity index (χ0v) is 38.0. The molecule has 0 bridgehead atoms. The molecule has 0 spiro atoms. The summed E-state index contributed by atoms with van der Waals surface area (Å²) in [6, 6.07) is 26.4. The van der Waals surface area contributed by atoms with Gasteiger partial charge in [-0.15, -0.1) is 0 Å². The van der Waals surface area contributed by atoms with Gasteiger partial charge in [0.05, 0.1) is 0 Å². The van der Waals surface area contributed by atoms with Crippen molar-refractivity contribution >= 4 is 0 Å².